The van der Waals surface area contributed by atoms with Crippen molar-refractivity contribution in [3.05, 3.63) is 29.5 Å². The molecule has 0 saturated carbocycles. The van der Waals surface area contributed by atoms with E-state index in [1.54, 1.807) is 0 Å². The van der Waals surface area contributed by atoms with Crippen LogP contribution in [0.3, 0.4) is 0 Å². The number of hydrogen-bond acceptors (Lipinski definition) is 4. The van der Waals surface area contributed by atoms with E-state index in [0.717, 1.165) is 22.2 Å². The lowest BCUT2D eigenvalue weighted by atomic mass is 10.1. The van der Waals surface area contributed by atoms with E-state index in [1.165, 1.54) is 0 Å². The summed E-state index contributed by atoms with van der Waals surface area (Å²) >= 11 is 0. The van der Waals surface area contributed by atoms with Gasteiger partial charge in [0.05, 0.1) is 17.7 Å². The van der Waals surface area contributed by atoms with E-state index in [0.29, 0.717) is 6.61 Å². The van der Waals surface area contributed by atoms with Gasteiger partial charge in [-0.25, -0.2) is 5.90 Å². The molecule has 1 aromatic heterocycles. The van der Waals surface area contributed by atoms with Crippen molar-refractivity contribution in [2.24, 2.45) is 5.90 Å². The first-order valence-electron chi connectivity index (χ1n) is 3.98. The topological polar surface area (TPSA) is 61.3 Å². The van der Waals surface area contributed by atoms with Crippen LogP contribution in [-0.2, 0) is 11.4 Å². The van der Waals surface area contributed by atoms with Gasteiger partial charge in [-0.2, -0.15) is 0 Å². The molecule has 1 heterocycles. The number of benzene rings is 1. The molecule has 0 amide bonds. The smallest absolute Gasteiger partial charge is 0.167 e. The maximum Gasteiger partial charge on any atom is 0.167 e. The monoisotopic (exact) mass is 178 g/mol. The molecule has 0 aliphatic rings. The fourth-order valence-electron chi connectivity index (χ4n) is 1.44. The van der Waals surface area contributed by atoms with Gasteiger partial charge >= 0.3 is 0 Å². The average molecular weight is 178 g/mol. The molecule has 0 aliphatic carbocycles. The lowest BCUT2D eigenvalue weighted by molar-refractivity contribution is 0.125. The average Bonchev–Trinajstić information content (AvgIpc) is 2.50. The van der Waals surface area contributed by atoms with Crippen LogP contribution in [0.4, 0.5) is 0 Å². The third-order valence-corrected chi connectivity index (χ3v) is 1.99. The van der Waals surface area contributed by atoms with Crippen molar-refractivity contribution in [3.63, 3.8) is 0 Å². The summed E-state index contributed by atoms with van der Waals surface area (Å²) in [6.07, 6.45) is 0. The number of aryl methyl sites for hydroxylation is 1. The van der Waals surface area contributed by atoms with Gasteiger partial charge in [0.15, 0.2) is 5.58 Å². The van der Waals surface area contributed by atoms with Crippen LogP contribution in [0.2, 0.25) is 0 Å². The summed E-state index contributed by atoms with van der Waals surface area (Å²) in [5, 5.41) is 4.86. The van der Waals surface area contributed by atoms with Gasteiger partial charge < -0.3 is 4.52 Å². The third-order valence-electron chi connectivity index (χ3n) is 1.99. The van der Waals surface area contributed by atoms with Crippen molar-refractivity contribution in [2.45, 2.75) is 13.5 Å². The number of nitrogens with zero attached hydrogens (tertiary/aromatic N) is 1. The minimum absolute atomic E-state index is 0.374. The van der Waals surface area contributed by atoms with E-state index < -0.39 is 0 Å². The van der Waals surface area contributed by atoms with Crippen LogP contribution in [0, 0.1) is 6.92 Å². The van der Waals surface area contributed by atoms with Gasteiger partial charge in [-0.05, 0) is 18.6 Å². The quantitative estimate of drug-likeness (QED) is 0.708. The molecular formula is C9H10N2O2. The van der Waals surface area contributed by atoms with Gasteiger partial charge in [-0.15, -0.1) is 0 Å². The van der Waals surface area contributed by atoms with E-state index in [-0.39, 0.29) is 0 Å². The lowest BCUT2D eigenvalue weighted by Crippen LogP contribution is -1.99. The van der Waals surface area contributed by atoms with Gasteiger partial charge in [-0.1, -0.05) is 17.3 Å². The molecule has 2 N–H and O–H groups in total. The highest BCUT2D eigenvalue weighted by atomic mass is 16.6. The second-order valence-corrected chi connectivity index (χ2v) is 2.87. The Labute approximate surface area is 75.2 Å². The Balaban J connectivity index is 2.65. The second-order valence-electron chi connectivity index (χ2n) is 2.87. The number of nitrogens with two attached hydrogens (primary N) is 1. The van der Waals surface area contributed by atoms with Crippen molar-refractivity contribution in [2.75, 3.05) is 0 Å². The normalized spacial score (nSPS) is 10.9. The molecule has 2 rings (SSSR count). The summed E-state index contributed by atoms with van der Waals surface area (Å²) in [5.41, 5.74) is 2.63. The highest BCUT2D eigenvalue weighted by Crippen LogP contribution is 2.22. The molecule has 1 aromatic carbocycles. The SMILES string of the molecule is Cc1noc2cccc(CON)c12. The molecule has 0 aliphatic heterocycles. The molecule has 0 atom stereocenters. The Hall–Kier alpha value is -1.39. The Kier molecular flexibility index (Phi) is 2.00. The molecule has 0 bridgehead atoms. The van der Waals surface area contributed by atoms with Crippen LogP contribution in [0.25, 0.3) is 11.0 Å². The van der Waals surface area contributed by atoms with Crippen LogP contribution >= 0.6 is 0 Å². The zero-order chi connectivity index (χ0) is 9.26. The number of rotatable bonds is 2. The highest BCUT2D eigenvalue weighted by Gasteiger charge is 2.08. The van der Waals surface area contributed by atoms with E-state index in [9.17, 15) is 0 Å². The maximum atomic E-state index is 5.09. The van der Waals surface area contributed by atoms with Crippen LogP contribution in [0.1, 0.15) is 11.3 Å². The Morgan fingerprint density at radius 2 is 2.38 bits per heavy atom. The molecule has 0 radical (unpaired) electrons. The first kappa shape index (κ1) is 8.22. The Morgan fingerprint density at radius 1 is 1.54 bits per heavy atom. The number of aromatic nitrogens is 1. The Bertz CT molecular complexity index is 422. The predicted molar refractivity (Wildman–Crippen MR) is 47.7 cm³/mol. The third kappa shape index (κ3) is 1.30. The van der Waals surface area contributed by atoms with Crippen LogP contribution in [0.5, 0.6) is 0 Å². The number of hydrogen-bond donors (Lipinski definition) is 1. The summed E-state index contributed by atoms with van der Waals surface area (Å²) in [7, 11) is 0. The van der Waals surface area contributed by atoms with Crippen LogP contribution in [0.15, 0.2) is 22.7 Å². The molecule has 13 heavy (non-hydrogen) atoms. The molecule has 0 spiro atoms. The maximum absolute atomic E-state index is 5.09. The molecule has 0 fully saturated rings. The van der Waals surface area contributed by atoms with Crippen molar-refractivity contribution >= 4 is 11.0 Å². The summed E-state index contributed by atoms with van der Waals surface area (Å²) in [6, 6.07) is 5.70. The van der Waals surface area contributed by atoms with Gasteiger partial charge in [0.25, 0.3) is 0 Å². The van der Waals surface area contributed by atoms with Crippen LogP contribution < -0.4 is 5.90 Å². The highest BCUT2D eigenvalue weighted by molar-refractivity contribution is 5.82. The van der Waals surface area contributed by atoms with Gasteiger partial charge in [-0.3, -0.25) is 4.84 Å². The first-order chi connectivity index (χ1) is 6.33. The zero-order valence-electron chi connectivity index (χ0n) is 7.28. The van der Waals surface area contributed by atoms with Crippen molar-refractivity contribution in [1.29, 1.82) is 0 Å². The summed E-state index contributed by atoms with van der Waals surface area (Å²) in [5.74, 6) is 5.02. The van der Waals surface area contributed by atoms with Gasteiger partial charge in [0.1, 0.15) is 0 Å². The first-order valence-corrected chi connectivity index (χ1v) is 3.98. The molecule has 0 unspecified atom stereocenters. The Morgan fingerprint density at radius 3 is 3.15 bits per heavy atom. The molecule has 68 valence electrons. The predicted octanol–water partition coefficient (Wildman–Crippen LogP) is 1.53. The molecule has 4 nitrogen and oxygen atoms in total. The van der Waals surface area contributed by atoms with E-state index in [2.05, 4.69) is 9.99 Å². The molecule has 2 aromatic rings. The fraction of sp³-hybridized carbons (Fsp3) is 0.222. The van der Waals surface area contributed by atoms with E-state index >= 15 is 0 Å². The summed E-state index contributed by atoms with van der Waals surface area (Å²) in [6.45, 7) is 2.27. The standard InChI is InChI=1S/C9H10N2O2/c1-6-9-7(5-12-10)3-2-4-8(9)13-11-6/h2-4H,5,10H2,1H3. The van der Waals surface area contributed by atoms with Crippen molar-refractivity contribution in [1.82, 2.24) is 5.16 Å². The minimum Gasteiger partial charge on any atom is -0.356 e. The largest absolute Gasteiger partial charge is 0.356 e. The van der Waals surface area contributed by atoms with Crippen molar-refractivity contribution < 1.29 is 9.36 Å². The van der Waals surface area contributed by atoms with Crippen molar-refractivity contribution in [3.8, 4) is 0 Å². The van der Waals surface area contributed by atoms with Gasteiger partial charge in [0, 0.05) is 0 Å². The molecule has 0 saturated heterocycles. The molecule has 4 heteroatoms. The lowest BCUT2D eigenvalue weighted by Gasteiger charge is -1.99. The van der Waals surface area contributed by atoms with E-state index in [1.807, 2.05) is 25.1 Å². The minimum atomic E-state index is 0.374. The second kappa shape index (κ2) is 3.16. The number of fused-ring (bicyclic) bond motifs is 1. The zero-order valence-corrected chi connectivity index (χ0v) is 7.28. The van der Waals surface area contributed by atoms with Gasteiger partial charge in [0.2, 0.25) is 0 Å². The summed E-state index contributed by atoms with van der Waals surface area (Å²) < 4.78 is 5.09. The summed E-state index contributed by atoms with van der Waals surface area (Å²) in [4.78, 5) is 4.59. The fourth-order valence-corrected chi connectivity index (χ4v) is 1.44. The van der Waals surface area contributed by atoms with Crippen LogP contribution in [-0.4, -0.2) is 5.16 Å². The van der Waals surface area contributed by atoms with E-state index in [4.69, 9.17) is 10.4 Å². The molecular weight excluding hydrogens is 168 g/mol.